The summed E-state index contributed by atoms with van der Waals surface area (Å²) in [5.74, 6) is 0. The molecule has 0 fully saturated rings. The van der Waals surface area contributed by atoms with Crippen LogP contribution in [0.15, 0.2) is 16.7 Å². The zero-order valence-corrected chi connectivity index (χ0v) is 8.53. The molecule has 0 aromatic carbocycles. The Morgan fingerprint density at radius 2 is 2.57 bits per heavy atom. The van der Waals surface area contributed by atoms with Crippen molar-refractivity contribution in [3.8, 4) is 0 Å². The Hall–Kier alpha value is -1.52. The monoisotopic (exact) mass is 207 g/mol. The molecule has 72 valence electrons. The molecule has 0 aliphatic heterocycles. The third kappa shape index (κ3) is 1.45. The molecule has 2 rings (SSSR count). The summed E-state index contributed by atoms with van der Waals surface area (Å²) in [7, 11) is 0. The molecule has 5 nitrogen and oxygen atoms in total. The lowest BCUT2D eigenvalue weighted by atomic mass is 10.2. The SMILES string of the molecule is Cc1nc2sccn2c1CCN=[N+]=[N-]. The third-order valence-electron chi connectivity index (χ3n) is 2.07. The van der Waals surface area contributed by atoms with Crippen LogP contribution in [-0.2, 0) is 6.42 Å². The molecule has 14 heavy (non-hydrogen) atoms. The van der Waals surface area contributed by atoms with Crippen LogP contribution in [0.1, 0.15) is 11.4 Å². The standard InChI is InChI=1S/C8H9N5S/c1-6-7(2-3-10-12-9)13-4-5-14-8(13)11-6/h4-5H,2-3H2,1H3. The van der Waals surface area contributed by atoms with Crippen LogP contribution in [0.5, 0.6) is 0 Å². The Morgan fingerprint density at radius 1 is 1.71 bits per heavy atom. The number of thiazole rings is 1. The van der Waals surface area contributed by atoms with Crippen LogP contribution in [0.3, 0.4) is 0 Å². The van der Waals surface area contributed by atoms with Gasteiger partial charge in [-0.2, -0.15) is 0 Å². The molecule has 2 heterocycles. The average molecular weight is 207 g/mol. The molecule has 0 bridgehead atoms. The maximum absolute atomic E-state index is 8.18. The second kappa shape index (κ2) is 3.69. The number of nitrogens with zero attached hydrogens (tertiary/aromatic N) is 5. The summed E-state index contributed by atoms with van der Waals surface area (Å²) in [5, 5.41) is 5.52. The van der Waals surface area contributed by atoms with Crippen molar-refractivity contribution < 1.29 is 0 Å². The minimum Gasteiger partial charge on any atom is -0.294 e. The van der Waals surface area contributed by atoms with Gasteiger partial charge in [-0.15, -0.1) is 11.3 Å². The molecule has 0 amide bonds. The second-order valence-corrected chi connectivity index (χ2v) is 3.78. The molecular weight excluding hydrogens is 198 g/mol. The van der Waals surface area contributed by atoms with Crippen LogP contribution < -0.4 is 0 Å². The van der Waals surface area contributed by atoms with Crippen LogP contribution in [0.2, 0.25) is 0 Å². The molecule has 0 radical (unpaired) electrons. The third-order valence-corrected chi connectivity index (χ3v) is 2.83. The van der Waals surface area contributed by atoms with Crippen molar-refractivity contribution in [2.75, 3.05) is 6.54 Å². The molecule has 0 saturated carbocycles. The number of fused-ring (bicyclic) bond motifs is 1. The fourth-order valence-electron chi connectivity index (χ4n) is 1.44. The van der Waals surface area contributed by atoms with E-state index in [9.17, 15) is 0 Å². The average Bonchev–Trinajstić information content (AvgIpc) is 2.69. The lowest BCUT2D eigenvalue weighted by molar-refractivity contribution is 0.890. The van der Waals surface area contributed by atoms with Gasteiger partial charge in [0.2, 0.25) is 0 Å². The summed E-state index contributed by atoms with van der Waals surface area (Å²) >= 11 is 1.61. The highest BCUT2D eigenvalue weighted by Crippen LogP contribution is 2.16. The minimum atomic E-state index is 0.487. The van der Waals surface area contributed by atoms with Crippen molar-refractivity contribution in [3.63, 3.8) is 0 Å². The molecule has 0 aliphatic rings. The number of imidazole rings is 1. The smallest absolute Gasteiger partial charge is 0.194 e. The zero-order valence-electron chi connectivity index (χ0n) is 7.71. The molecule has 0 unspecified atom stereocenters. The predicted octanol–water partition coefficient (Wildman–Crippen LogP) is 2.56. The number of hydrogen-bond acceptors (Lipinski definition) is 3. The largest absolute Gasteiger partial charge is 0.294 e. The van der Waals surface area contributed by atoms with E-state index in [1.807, 2.05) is 22.9 Å². The molecule has 0 atom stereocenters. The van der Waals surface area contributed by atoms with Gasteiger partial charge in [-0.3, -0.25) is 4.40 Å². The lowest BCUT2D eigenvalue weighted by Crippen LogP contribution is -1.95. The molecule has 0 aliphatic carbocycles. The van der Waals surface area contributed by atoms with Gasteiger partial charge < -0.3 is 0 Å². The summed E-state index contributed by atoms with van der Waals surface area (Å²) in [6, 6.07) is 0. The van der Waals surface area contributed by atoms with Gasteiger partial charge >= 0.3 is 0 Å². The van der Waals surface area contributed by atoms with E-state index in [2.05, 4.69) is 15.0 Å². The minimum absolute atomic E-state index is 0.487. The molecule has 0 saturated heterocycles. The van der Waals surface area contributed by atoms with Gasteiger partial charge in [0.15, 0.2) is 4.96 Å². The van der Waals surface area contributed by atoms with Crippen LogP contribution >= 0.6 is 11.3 Å². The first kappa shape index (κ1) is 9.05. The van der Waals surface area contributed by atoms with Gasteiger partial charge in [0, 0.05) is 28.7 Å². The summed E-state index contributed by atoms with van der Waals surface area (Å²) in [6.45, 7) is 2.46. The maximum Gasteiger partial charge on any atom is 0.194 e. The quantitative estimate of drug-likeness (QED) is 0.433. The summed E-state index contributed by atoms with van der Waals surface area (Å²) < 4.78 is 2.05. The first-order valence-corrected chi connectivity index (χ1v) is 5.13. The van der Waals surface area contributed by atoms with E-state index in [-0.39, 0.29) is 0 Å². The highest BCUT2D eigenvalue weighted by Gasteiger charge is 2.07. The van der Waals surface area contributed by atoms with E-state index in [1.165, 1.54) is 0 Å². The van der Waals surface area contributed by atoms with Gasteiger partial charge in [-0.25, -0.2) is 4.98 Å². The normalized spacial score (nSPS) is 10.4. The van der Waals surface area contributed by atoms with E-state index >= 15 is 0 Å². The van der Waals surface area contributed by atoms with E-state index in [4.69, 9.17) is 5.53 Å². The van der Waals surface area contributed by atoms with Crippen molar-refractivity contribution in [1.82, 2.24) is 9.38 Å². The van der Waals surface area contributed by atoms with Crippen LogP contribution in [0, 0.1) is 6.92 Å². The maximum atomic E-state index is 8.18. The molecule has 6 heteroatoms. The van der Waals surface area contributed by atoms with E-state index in [0.29, 0.717) is 6.54 Å². The Bertz CT molecular complexity index is 491. The predicted molar refractivity (Wildman–Crippen MR) is 55.5 cm³/mol. The molecule has 0 spiro atoms. The van der Waals surface area contributed by atoms with Crippen molar-refractivity contribution in [2.24, 2.45) is 5.11 Å². The van der Waals surface area contributed by atoms with E-state index in [1.54, 1.807) is 11.3 Å². The summed E-state index contributed by atoms with van der Waals surface area (Å²) in [5.41, 5.74) is 10.3. The summed E-state index contributed by atoms with van der Waals surface area (Å²) in [4.78, 5) is 8.13. The number of aryl methyl sites for hydroxylation is 1. The first-order valence-electron chi connectivity index (χ1n) is 4.25. The van der Waals surface area contributed by atoms with Crippen molar-refractivity contribution in [3.05, 3.63) is 33.4 Å². The van der Waals surface area contributed by atoms with Crippen molar-refractivity contribution in [1.29, 1.82) is 0 Å². The van der Waals surface area contributed by atoms with Crippen molar-refractivity contribution in [2.45, 2.75) is 13.3 Å². The fourth-order valence-corrected chi connectivity index (χ4v) is 2.22. The number of rotatable bonds is 3. The van der Waals surface area contributed by atoms with Gasteiger partial charge in [0.05, 0.1) is 5.69 Å². The fraction of sp³-hybridized carbons (Fsp3) is 0.375. The molecule has 0 N–H and O–H groups in total. The highest BCUT2D eigenvalue weighted by molar-refractivity contribution is 7.15. The van der Waals surface area contributed by atoms with Crippen LogP contribution in [-0.4, -0.2) is 15.9 Å². The Labute approximate surface area is 84.6 Å². The Morgan fingerprint density at radius 3 is 3.36 bits per heavy atom. The van der Waals surface area contributed by atoms with Gasteiger partial charge in [-0.1, -0.05) is 5.11 Å². The number of azide groups is 1. The molecular formula is C8H9N5S. The van der Waals surface area contributed by atoms with Gasteiger partial charge in [0.1, 0.15) is 0 Å². The highest BCUT2D eigenvalue weighted by atomic mass is 32.1. The van der Waals surface area contributed by atoms with E-state index < -0.39 is 0 Å². The molecule has 2 aromatic rings. The molecule has 2 aromatic heterocycles. The number of hydrogen-bond donors (Lipinski definition) is 0. The van der Waals surface area contributed by atoms with Crippen molar-refractivity contribution >= 4 is 16.3 Å². The lowest BCUT2D eigenvalue weighted by Gasteiger charge is -1.96. The van der Waals surface area contributed by atoms with Crippen LogP contribution in [0.4, 0.5) is 0 Å². The van der Waals surface area contributed by atoms with Gasteiger partial charge in [0.25, 0.3) is 0 Å². The summed E-state index contributed by atoms with van der Waals surface area (Å²) in [6.07, 6.45) is 2.74. The van der Waals surface area contributed by atoms with Crippen LogP contribution in [0.25, 0.3) is 15.4 Å². The zero-order chi connectivity index (χ0) is 9.97. The van der Waals surface area contributed by atoms with E-state index in [0.717, 1.165) is 22.8 Å². The van der Waals surface area contributed by atoms with Gasteiger partial charge in [-0.05, 0) is 18.9 Å². The topological polar surface area (TPSA) is 66.1 Å². The Balaban J connectivity index is 2.33. The number of aromatic nitrogens is 2. The second-order valence-electron chi connectivity index (χ2n) is 2.90. The Kier molecular flexibility index (Phi) is 2.39. The first-order chi connectivity index (χ1) is 6.83.